The molecule has 4 heteroatoms. The Morgan fingerprint density at radius 2 is 1.62 bits per heavy atom. The number of ether oxygens (including phenoxy) is 1. The summed E-state index contributed by atoms with van der Waals surface area (Å²) < 4.78 is 5.74. The third-order valence-corrected chi connectivity index (χ3v) is 4.50. The molecule has 0 bridgehead atoms. The van der Waals surface area contributed by atoms with Crippen molar-refractivity contribution in [2.45, 2.75) is 65.6 Å². The van der Waals surface area contributed by atoms with Crippen LogP contribution in [0.2, 0.25) is 0 Å². The SMILES string of the molecule is CC(C)c1cccc(C(C)C)c1NC(=O)CN1C[C@H](C)O[C@@H](C)C1. The van der Waals surface area contributed by atoms with Gasteiger partial charge in [-0.15, -0.1) is 0 Å². The van der Waals surface area contributed by atoms with Gasteiger partial charge >= 0.3 is 0 Å². The molecular formula is C20H32N2O2. The van der Waals surface area contributed by atoms with Gasteiger partial charge in [-0.1, -0.05) is 45.9 Å². The fraction of sp³-hybridized carbons (Fsp3) is 0.650. The summed E-state index contributed by atoms with van der Waals surface area (Å²) in [5, 5.41) is 3.20. The van der Waals surface area contributed by atoms with E-state index in [2.05, 4.69) is 70.0 Å². The summed E-state index contributed by atoms with van der Waals surface area (Å²) >= 11 is 0. The van der Waals surface area contributed by atoms with E-state index in [0.717, 1.165) is 18.8 Å². The Hall–Kier alpha value is -1.39. The zero-order valence-electron chi connectivity index (χ0n) is 15.9. The van der Waals surface area contributed by atoms with Crippen LogP contribution in [0.5, 0.6) is 0 Å². The summed E-state index contributed by atoms with van der Waals surface area (Å²) in [7, 11) is 0. The van der Waals surface area contributed by atoms with E-state index >= 15 is 0 Å². The molecule has 4 nitrogen and oxygen atoms in total. The Kier molecular flexibility index (Phi) is 6.41. The number of hydrogen-bond acceptors (Lipinski definition) is 3. The molecule has 1 aliphatic heterocycles. The average Bonchev–Trinajstić information content (AvgIpc) is 2.45. The second-order valence-corrected chi connectivity index (χ2v) is 7.62. The molecule has 134 valence electrons. The first-order valence-corrected chi connectivity index (χ1v) is 9.08. The Labute approximate surface area is 146 Å². The van der Waals surface area contributed by atoms with Gasteiger partial charge in [0.25, 0.3) is 0 Å². The van der Waals surface area contributed by atoms with E-state index in [9.17, 15) is 4.79 Å². The highest BCUT2D eigenvalue weighted by atomic mass is 16.5. The number of rotatable bonds is 5. The van der Waals surface area contributed by atoms with Crippen molar-refractivity contribution in [3.8, 4) is 0 Å². The number of carbonyl (C=O) groups is 1. The van der Waals surface area contributed by atoms with Crippen LogP contribution in [0.3, 0.4) is 0 Å². The molecule has 0 unspecified atom stereocenters. The molecule has 0 aromatic heterocycles. The summed E-state index contributed by atoms with van der Waals surface area (Å²) in [4.78, 5) is 14.8. The summed E-state index contributed by atoms with van der Waals surface area (Å²) in [5.41, 5.74) is 3.42. The molecular weight excluding hydrogens is 300 g/mol. The topological polar surface area (TPSA) is 41.6 Å². The van der Waals surface area contributed by atoms with Crippen LogP contribution in [-0.4, -0.2) is 42.6 Å². The van der Waals surface area contributed by atoms with Gasteiger partial charge in [-0.3, -0.25) is 9.69 Å². The molecule has 1 fully saturated rings. The third kappa shape index (κ3) is 4.81. The number of morpholine rings is 1. The van der Waals surface area contributed by atoms with E-state index in [4.69, 9.17) is 4.74 Å². The maximum atomic E-state index is 12.7. The number of nitrogens with zero attached hydrogens (tertiary/aromatic N) is 1. The number of benzene rings is 1. The quantitative estimate of drug-likeness (QED) is 0.887. The summed E-state index contributed by atoms with van der Waals surface area (Å²) in [6.07, 6.45) is 0.353. The third-order valence-electron chi connectivity index (χ3n) is 4.50. The molecule has 24 heavy (non-hydrogen) atoms. The number of hydrogen-bond donors (Lipinski definition) is 1. The van der Waals surface area contributed by atoms with E-state index in [1.54, 1.807) is 0 Å². The summed E-state index contributed by atoms with van der Waals surface area (Å²) in [6, 6.07) is 6.32. The lowest BCUT2D eigenvalue weighted by molar-refractivity contribution is -0.121. The highest BCUT2D eigenvalue weighted by Gasteiger charge is 2.24. The highest BCUT2D eigenvalue weighted by molar-refractivity contribution is 5.94. The smallest absolute Gasteiger partial charge is 0.238 e. The largest absolute Gasteiger partial charge is 0.373 e. The van der Waals surface area contributed by atoms with Gasteiger partial charge in [0.05, 0.1) is 18.8 Å². The molecule has 1 heterocycles. The van der Waals surface area contributed by atoms with Crippen molar-refractivity contribution in [2.75, 3.05) is 25.0 Å². The van der Waals surface area contributed by atoms with Crippen LogP contribution >= 0.6 is 0 Å². The molecule has 1 aliphatic rings. The first-order valence-electron chi connectivity index (χ1n) is 9.08. The molecule has 2 rings (SSSR count). The van der Waals surface area contributed by atoms with Gasteiger partial charge in [-0.25, -0.2) is 0 Å². The number of nitrogens with one attached hydrogen (secondary N) is 1. The Morgan fingerprint density at radius 1 is 1.12 bits per heavy atom. The van der Waals surface area contributed by atoms with E-state index in [-0.39, 0.29) is 18.1 Å². The second kappa shape index (κ2) is 8.13. The van der Waals surface area contributed by atoms with E-state index in [1.807, 2.05) is 0 Å². The number of para-hydroxylation sites is 1. The van der Waals surface area contributed by atoms with Gasteiger partial charge in [0.2, 0.25) is 5.91 Å². The summed E-state index contributed by atoms with van der Waals surface area (Å²) in [5.74, 6) is 0.816. The molecule has 0 aliphatic carbocycles. The van der Waals surface area contributed by atoms with Crippen molar-refractivity contribution < 1.29 is 9.53 Å². The lowest BCUT2D eigenvalue weighted by atomic mass is 9.92. The van der Waals surface area contributed by atoms with E-state index in [0.29, 0.717) is 18.4 Å². The van der Waals surface area contributed by atoms with Crippen LogP contribution in [0.4, 0.5) is 5.69 Å². The predicted octanol–water partition coefficient (Wildman–Crippen LogP) is 3.98. The van der Waals surface area contributed by atoms with Crippen molar-refractivity contribution in [2.24, 2.45) is 0 Å². The van der Waals surface area contributed by atoms with Gasteiger partial charge in [-0.2, -0.15) is 0 Å². The normalized spacial score (nSPS) is 22.2. The summed E-state index contributed by atoms with van der Waals surface area (Å²) in [6.45, 7) is 14.8. The van der Waals surface area contributed by atoms with Crippen molar-refractivity contribution in [1.82, 2.24) is 4.90 Å². The van der Waals surface area contributed by atoms with Crippen LogP contribution in [0, 0.1) is 0 Å². The predicted molar refractivity (Wildman–Crippen MR) is 99.7 cm³/mol. The zero-order chi connectivity index (χ0) is 17.9. The van der Waals surface area contributed by atoms with E-state index in [1.165, 1.54) is 11.1 Å². The van der Waals surface area contributed by atoms with Crippen LogP contribution in [-0.2, 0) is 9.53 Å². The fourth-order valence-corrected chi connectivity index (χ4v) is 3.49. The minimum absolute atomic E-state index is 0.0614. The Morgan fingerprint density at radius 3 is 2.08 bits per heavy atom. The lowest BCUT2D eigenvalue weighted by Gasteiger charge is -2.34. The highest BCUT2D eigenvalue weighted by Crippen LogP contribution is 2.32. The first-order chi connectivity index (χ1) is 11.3. The molecule has 0 spiro atoms. The maximum absolute atomic E-state index is 12.7. The van der Waals surface area contributed by atoms with Gasteiger partial charge in [0.15, 0.2) is 0 Å². The van der Waals surface area contributed by atoms with Gasteiger partial charge in [0, 0.05) is 18.8 Å². The Bertz CT molecular complexity index is 533. The Balaban J connectivity index is 2.13. The number of carbonyl (C=O) groups excluding carboxylic acids is 1. The monoisotopic (exact) mass is 332 g/mol. The molecule has 1 amide bonds. The average molecular weight is 332 g/mol. The van der Waals surface area contributed by atoms with Crippen LogP contribution in [0.1, 0.15) is 64.5 Å². The van der Waals surface area contributed by atoms with Gasteiger partial charge < -0.3 is 10.1 Å². The molecule has 1 aromatic rings. The van der Waals surface area contributed by atoms with Crippen LogP contribution in [0.25, 0.3) is 0 Å². The molecule has 0 saturated carbocycles. The standard InChI is InChI=1S/C20H32N2O2/c1-13(2)17-8-7-9-18(14(3)4)20(17)21-19(23)12-22-10-15(5)24-16(6)11-22/h7-9,13-16H,10-12H2,1-6H3,(H,21,23)/t15-,16-/m0/s1. The molecule has 1 saturated heterocycles. The number of amides is 1. The van der Waals surface area contributed by atoms with Crippen LogP contribution in [0.15, 0.2) is 18.2 Å². The molecule has 0 radical (unpaired) electrons. The van der Waals surface area contributed by atoms with Crippen LogP contribution < -0.4 is 5.32 Å². The number of anilines is 1. The minimum Gasteiger partial charge on any atom is -0.373 e. The molecule has 1 aromatic carbocycles. The first kappa shape index (κ1) is 18.9. The van der Waals surface area contributed by atoms with Crippen molar-refractivity contribution in [1.29, 1.82) is 0 Å². The van der Waals surface area contributed by atoms with E-state index < -0.39 is 0 Å². The van der Waals surface area contributed by atoms with Gasteiger partial charge in [0.1, 0.15) is 0 Å². The molecule has 1 N–H and O–H groups in total. The minimum atomic E-state index is 0.0614. The van der Waals surface area contributed by atoms with Crippen molar-refractivity contribution in [3.63, 3.8) is 0 Å². The lowest BCUT2D eigenvalue weighted by Crippen LogP contribution is -2.48. The second-order valence-electron chi connectivity index (χ2n) is 7.62. The maximum Gasteiger partial charge on any atom is 0.238 e. The van der Waals surface area contributed by atoms with Gasteiger partial charge in [-0.05, 0) is 36.8 Å². The molecule has 2 atom stereocenters. The van der Waals surface area contributed by atoms with Crippen molar-refractivity contribution in [3.05, 3.63) is 29.3 Å². The zero-order valence-corrected chi connectivity index (χ0v) is 15.9. The van der Waals surface area contributed by atoms with Crippen molar-refractivity contribution >= 4 is 11.6 Å². The fourth-order valence-electron chi connectivity index (χ4n) is 3.49.